The van der Waals surface area contributed by atoms with Crippen molar-refractivity contribution in [2.24, 2.45) is 0 Å². The molecule has 5 nitrogen and oxygen atoms in total. The minimum absolute atomic E-state index is 0.149. The fourth-order valence-electron chi connectivity index (χ4n) is 2.72. The smallest absolute Gasteiger partial charge is 0.251 e. The van der Waals surface area contributed by atoms with Gasteiger partial charge in [0.1, 0.15) is 0 Å². The first-order valence-corrected chi connectivity index (χ1v) is 9.92. The Hall–Kier alpha value is -2.18. The number of rotatable bonds is 6. The molecule has 132 valence electrons. The van der Waals surface area contributed by atoms with Crippen LogP contribution in [0.4, 0.5) is 0 Å². The van der Waals surface area contributed by atoms with Crippen molar-refractivity contribution < 1.29 is 13.2 Å². The van der Waals surface area contributed by atoms with E-state index in [9.17, 15) is 13.2 Å². The molecule has 25 heavy (non-hydrogen) atoms. The highest BCUT2D eigenvalue weighted by molar-refractivity contribution is 7.89. The van der Waals surface area contributed by atoms with Crippen LogP contribution in [0.5, 0.6) is 0 Å². The Morgan fingerprint density at radius 2 is 1.68 bits per heavy atom. The van der Waals surface area contributed by atoms with E-state index in [-0.39, 0.29) is 22.9 Å². The molecule has 0 bridgehead atoms. The highest BCUT2D eigenvalue weighted by atomic mass is 32.2. The van der Waals surface area contributed by atoms with Gasteiger partial charge in [-0.1, -0.05) is 30.3 Å². The fourth-order valence-corrected chi connectivity index (χ4v) is 3.95. The van der Waals surface area contributed by atoms with Gasteiger partial charge in [0.25, 0.3) is 5.91 Å². The van der Waals surface area contributed by atoms with E-state index in [4.69, 9.17) is 0 Å². The molecule has 0 radical (unpaired) electrons. The van der Waals surface area contributed by atoms with Crippen molar-refractivity contribution in [2.75, 3.05) is 0 Å². The number of carbonyl (C=O) groups is 1. The minimum atomic E-state index is -3.65. The van der Waals surface area contributed by atoms with Gasteiger partial charge in [0.2, 0.25) is 10.0 Å². The van der Waals surface area contributed by atoms with Gasteiger partial charge in [0.15, 0.2) is 0 Å². The molecule has 2 N–H and O–H groups in total. The zero-order chi connectivity index (χ0) is 17.9. The van der Waals surface area contributed by atoms with Crippen LogP contribution in [-0.4, -0.2) is 20.4 Å². The lowest BCUT2D eigenvalue weighted by atomic mass is 9.93. The maximum Gasteiger partial charge on any atom is 0.251 e. The number of nitrogens with one attached hydrogen (secondary N) is 2. The van der Waals surface area contributed by atoms with E-state index in [2.05, 4.69) is 10.0 Å². The molecule has 0 aliphatic heterocycles. The van der Waals surface area contributed by atoms with Crippen LogP contribution in [0.15, 0.2) is 59.5 Å². The maximum absolute atomic E-state index is 12.5. The lowest BCUT2D eigenvalue weighted by Crippen LogP contribution is -2.39. The number of hydrogen-bond donors (Lipinski definition) is 2. The molecule has 0 spiro atoms. The summed E-state index contributed by atoms with van der Waals surface area (Å²) in [4.78, 5) is 12.2. The van der Waals surface area contributed by atoms with Gasteiger partial charge >= 0.3 is 0 Å². The Morgan fingerprint density at radius 3 is 2.24 bits per heavy atom. The summed E-state index contributed by atoms with van der Waals surface area (Å²) in [7, 11) is -3.65. The molecule has 3 rings (SSSR count). The fraction of sp³-hybridized carbons (Fsp3) is 0.316. The minimum Gasteiger partial charge on any atom is -0.349 e. The maximum atomic E-state index is 12.5. The summed E-state index contributed by atoms with van der Waals surface area (Å²) in [6.07, 6.45) is 3.17. The molecule has 1 atom stereocenters. The van der Waals surface area contributed by atoms with Gasteiger partial charge in [-0.3, -0.25) is 4.79 Å². The second-order valence-electron chi connectivity index (χ2n) is 6.38. The molecule has 1 unspecified atom stereocenters. The average Bonchev–Trinajstić information content (AvgIpc) is 2.58. The van der Waals surface area contributed by atoms with Crippen LogP contribution >= 0.6 is 0 Å². The van der Waals surface area contributed by atoms with E-state index in [1.165, 1.54) is 12.1 Å². The van der Waals surface area contributed by atoms with Gasteiger partial charge in [0.05, 0.1) is 4.90 Å². The van der Waals surface area contributed by atoms with Crippen LogP contribution in [0.2, 0.25) is 0 Å². The summed E-state index contributed by atoms with van der Waals surface area (Å²) in [5.41, 5.74) is 1.37. The number of benzene rings is 2. The third-order valence-electron chi connectivity index (χ3n) is 4.50. The first kappa shape index (κ1) is 17.6. The molecule has 1 saturated carbocycles. The van der Waals surface area contributed by atoms with E-state index >= 15 is 0 Å². The van der Waals surface area contributed by atoms with Crippen molar-refractivity contribution in [1.29, 1.82) is 0 Å². The van der Waals surface area contributed by atoms with Gasteiger partial charge in [0, 0.05) is 17.6 Å². The second kappa shape index (κ2) is 7.37. The summed E-state index contributed by atoms with van der Waals surface area (Å²) < 4.78 is 27.7. The molecule has 0 saturated heterocycles. The molecule has 2 aromatic rings. The zero-order valence-electron chi connectivity index (χ0n) is 14.1. The molecular formula is C19H22N2O3S. The van der Waals surface area contributed by atoms with Crippen LogP contribution in [0.25, 0.3) is 0 Å². The SMILES string of the molecule is CC(NS(=O)(=O)c1ccc(C(=O)NC2CCC2)cc1)c1ccccc1. The number of sulfonamides is 1. The van der Waals surface area contributed by atoms with Gasteiger partial charge in [-0.15, -0.1) is 0 Å². The first-order valence-electron chi connectivity index (χ1n) is 8.44. The van der Waals surface area contributed by atoms with Crippen LogP contribution in [0.1, 0.15) is 48.1 Å². The van der Waals surface area contributed by atoms with Crippen molar-refractivity contribution in [2.45, 2.75) is 43.2 Å². The predicted octanol–water partition coefficient (Wildman–Crippen LogP) is 3.01. The lowest BCUT2D eigenvalue weighted by molar-refractivity contribution is 0.0917. The predicted molar refractivity (Wildman–Crippen MR) is 96.7 cm³/mol. The molecule has 2 aromatic carbocycles. The van der Waals surface area contributed by atoms with Crippen molar-refractivity contribution in [3.63, 3.8) is 0 Å². The standard InChI is InChI=1S/C19H22N2O3S/c1-14(15-6-3-2-4-7-15)21-25(23,24)18-12-10-16(11-13-18)19(22)20-17-8-5-9-17/h2-4,6-7,10-14,17,21H,5,8-9H2,1H3,(H,20,22). The molecule has 1 aliphatic rings. The van der Waals surface area contributed by atoms with E-state index < -0.39 is 10.0 Å². The topological polar surface area (TPSA) is 75.3 Å². The summed E-state index contributed by atoms with van der Waals surface area (Å²) in [6, 6.07) is 15.3. The monoisotopic (exact) mass is 358 g/mol. The Bertz CT molecular complexity index is 829. The van der Waals surface area contributed by atoms with Gasteiger partial charge in [-0.05, 0) is 56.0 Å². The van der Waals surface area contributed by atoms with Crippen molar-refractivity contribution >= 4 is 15.9 Å². The van der Waals surface area contributed by atoms with E-state index in [1.54, 1.807) is 19.1 Å². The first-order chi connectivity index (χ1) is 12.0. The van der Waals surface area contributed by atoms with Crippen molar-refractivity contribution in [3.8, 4) is 0 Å². The van der Waals surface area contributed by atoms with Gasteiger partial charge in [-0.25, -0.2) is 13.1 Å². The molecule has 1 amide bonds. The van der Waals surface area contributed by atoms with Crippen LogP contribution < -0.4 is 10.0 Å². The van der Waals surface area contributed by atoms with E-state index in [0.29, 0.717) is 5.56 Å². The number of carbonyl (C=O) groups excluding carboxylic acids is 1. The summed E-state index contributed by atoms with van der Waals surface area (Å²) in [6.45, 7) is 1.80. The summed E-state index contributed by atoms with van der Waals surface area (Å²) >= 11 is 0. The third kappa shape index (κ3) is 4.27. The third-order valence-corrected chi connectivity index (χ3v) is 6.06. The quantitative estimate of drug-likeness (QED) is 0.833. The van der Waals surface area contributed by atoms with Crippen molar-refractivity contribution in [1.82, 2.24) is 10.0 Å². The highest BCUT2D eigenvalue weighted by Crippen LogP contribution is 2.20. The zero-order valence-corrected chi connectivity index (χ0v) is 14.9. The normalized spacial score (nSPS) is 16.0. The molecule has 1 fully saturated rings. The largest absolute Gasteiger partial charge is 0.349 e. The van der Waals surface area contributed by atoms with E-state index in [0.717, 1.165) is 24.8 Å². The van der Waals surface area contributed by atoms with Crippen LogP contribution in [-0.2, 0) is 10.0 Å². The highest BCUT2D eigenvalue weighted by Gasteiger charge is 2.21. The molecular weight excluding hydrogens is 336 g/mol. The number of hydrogen-bond acceptors (Lipinski definition) is 3. The Morgan fingerprint density at radius 1 is 1.04 bits per heavy atom. The molecule has 0 heterocycles. The van der Waals surface area contributed by atoms with Crippen LogP contribution in [0, 0.1) is 0 Å². The van der Waals surface area contributed by atoms with Crippen molar-refractivity contribution in [3.05, 3.63) is 65.7 Å². The van der Waals surface area contributed by atoms with Gasteiger partial charge < -0.3 is 5.32 Å². The van der Waals surface area contributed by atoms with Crippen LogP contribution in [0.3, 0.4) is 0 Å². The molecule has 1 aliphatic carbocycles. The summed E-state index contributed by atoms with van der Waals surface area (Å²) in [5, 5.41) is 2.94. The average molecular weight is 358 g/mol. The van der Waals surface area contributed by atoms with Gasteiger partial charge in [-0.2, -0.15) is 0 Å². The number of amides is 1. The lowest BCUT2D eigenvalue weighted by Gasteiger charge is -2.26. The Labute approximate surface area is 148 Å². The Balaban J connectivity index is 1.68. The molecule has 6 heteroatoms. The second-order valence-corrected chi connectivity index (χ2v) is 8.09. The summed E-state index contributed by atoms with van der Waals surface area (Å²) in [5.74, 6) is -0.153. The Kier molecular flexibility index (Phi) is 5.20. The van der Waals surface area contributed by atoms with E-state index in [1.807, 2.05) is 30.3 Å². The molecule has 0 aromatic heterocycles.